The maximum Gasteiger partial charge on any atom is -0.0353 e. The summed E-state index contributed by atoms with van der Waals surface area (Å²) in [4.78, 5) is 0. The van der Waals surface area contributed by atoms with Crippen LogP contribution in [0.5, 0.6) is 0 Å². The van der Waals surface area contributed by atoms with Crippen molar-refractivity contribution in [3.05, 3.63) is 0 Å². The summed E-state index contributed by atoms with van der Waals surface area (Å²) in [5, 5.41) is 0. The van der Waals surface area contributed by atoms with Gasteiger partial charge in [0.2, 0.25) is 0 Å². The van der Waals surface area contributed by atoms with Crippen molar-refractivity contribution in [1.82, 2.24) is 0 Å². The third-order valence-electron chi connectivity index (χ3n) is 3.81. The zero-order chi connectivity index (χ0) is 13.5. The third kappa shape index (κ3) is 14.5. The summed E-state index contributed by atoms with van der Waals surface area (Å²) in [6.07, 6.45) is 18.9. The molecule has 110 valence electrons. The van der Waals surface area contributed by atoms with E-state index < -0.39 is 0 Å². The summed E-state index contributed by atoms with van der Waals surface area (Å²) in [5.41, 5.74) is 0. The smallest absolute Gasteiger partial charge is 0.0353 e. The minimum atomic E-state index is 0.979. The summed E-state index contributed by atoms with van der Waals surface area (Å²) < 4.78 is 0. The number of hydrogen-bond acceptors (Lipinski definition) is 0. The highest BCUT2D eigenvalue weighted by atomic mass is 31.1. The molecular weight excluding hydrogens is 235 g/mol. The highest BCUT2D eigenvalue weighted by molar-refractivity contribution is 7.37. The van der Waals surface area contributed by atoms with Gasteiger partial charge in [-0.25, -0.2) is 0 Å². The minimum absolute atomic E-state index is 0.979. The molecule has 18 heavy (non-hydrogen) atoms. The summed E-state index contributed by atoms with van der Waals surface area (Å²) in [6.45, 7) is 7.05. The normalized spacial score (nSPS) is 13.5. The molecule has 1 heteroatoms. The van der Waals surface area contributed by atoms with Gasteiger partial charge < -0.3 is 0 Å². The van der Waals surface area contributed by atoms with Crippen molar-refractivity contribution >= 4 is 8.58 Å². The van der Waals surface area contributed by atoms with E-state index in [1.807, 2.05) is 0 Å². The Balaban J connectivity index is 3.09. The van der Waals surface area contributed by atoms with E-state index in [1.165, 1.54) is 91.5 Å². The Kier molecular flexibility index (Phi) is 15.9. The first-order chi connectivity index (χ1) is 8.81. The van der Waals surface area contributed by atoms with Crippen LogP contribution in [-0.2, 0) is 0 Å². The molecule has 0 bridgehead atoms. The largest absolute Gasteiger partial charge is 0.122 e. The molecule has 0 spiro atoms. The van der Waals surface area contributed by atoms with Gasteiger partial charge in [0.05, 0.1) is 0 Å². The van der Waals surface area contributed by atoms with Crippen molar-refractivity contribution in [3.8, 4) is 0 Å². The van der Waals surface area contributed by atoms with E-state index in [9.17, 15) is 0 Å². The molecule has 0 saturated heterocycles. The molecule has 0 amide bonds. The summed E-state index contributed by atoms with van der Waals surface area (Å²) >= 11 is 0. The highest BCUT2D eigenvalue weighted by Gasteiger charge is 2.01. The molecular formula is C17H37P. The van der Waals surface area contributed by atoms with Crippen LogP contribution < -0.4 is 0 Å². The Hall–Kier alpha value is 0.430. The Morgan fingerprint density at radius 2 is 1.22 bits per heavy atom. The molecule has 0 aliphatic heterocycles. The molecule has 0 N–H and O–H groups in total. The summed E-state index contributed by atoms with van der Waals surface area (Å²) in [7, 11) is 1.24. The van der Waals surface area contributed by atoms with Crippen LogP contribution in [0.2, 0.25) is 0 Å². The van der Waals surface area contributed by atoms with Crippen LogP contribution in [-0.4, -0.2) is 12.3 Å². The Labute approximate surface area is 118 Å². The molecule has 0 aliphatic rings. The predicted molar refractivity (Wildman–Crippen MR) is 89.3 cm³/mol. The second-order valence-corrected chi connectivity index (χ2v) is 7.41. The fourth-order valence-corrected chi connectivity index (χ4v) is 3.65. The van der Waals surface area contributed by atoms with E-state index in [-0.39, 0.29) is 0 Å². The molecule has 0 aliphatic carbocycles. The monoisotopic (exact) mass is 272 g/mol. The van der Waals surface area contributed by atoms with E-state index in [4.69, 9.17) is 0 Å². The first-order valence-electron chi connectivity index (χ1n) is 8.52. The lowest BCUT2D eigenvalue weighted by atomic mass is 9.98. The molecule has 0 heterocycles. The van der Waals surface area contributed by atoms with Gasteiger partial charge in [0.25, 0.3) is 0 Å². The van der Waals surface area contributed by atoms with Gasteiger partial charge in [-0.05, 0) is 31.1 Å². The second-order valence-electron chi connectivity index (χ2n) is 5.91. The molecule has 0 aromatic carbocycles. The van der Waals surface area contributed by atoms with E-state index in [1.54, 1.807) is 0 Å². The van der Waals surface area contributed by atoms with Gasteiger partial charge in [-0.1, -0.05) is 78.6 Å². The SMILES string of the molecule is CCCCCCCC(C)CCCPCCCCC. The third-order valence-corrected chi connectivity index (χ3v) is 5.22. The zero-order valence-electron chi connectivity index (χ0n) is 13.3. The van der Waals surface area contributed by atoms with Crippen LogP contribution in [0.25, 0.3) is 0 Å². The highest BCUT2D eigenvalue weighted by Crippen LogP contribution is 2.20. The first-order valence-corrected chi connectivity index (χ1v) is 9.93. The van der Waals surface area contributed by atoms with Gasteiger partial charge in [0.1, 0.15) is 0 Å². The Bertz CT molecular complexity index is 145. The Morgan fingerprint density at radius 1 is 0.667 bits per heavy atom. The van der Waals surface area contributed by atoms with Crippen molar-refractivity contribution in [2.24, 2.45) is 5.92 Å². The maximum absolute atomic E-state index is 2.46. The average Bonchev–Trinajstić information content (AvgIpc) is 2.37. The molecule has 0 aromatic rings. The molecule has 0 nitrogen and oxygen atoms in total. The molecule has 0 rings (SSSR count). The van der Waals surface area contributed by atoms with Gasteiger partial charge in [0, 0.05) is 0 Å². The van der Waals surface area contributed by atoms with Crippen molar-refractivity contribution in [2.75, 3.05) is 12.3 Å². The van der Waals surface area contributed by atoms with Crippen molar-refractivity contribution < 1.29 is 0 Å². The van der Waals surface area contributed by atoms with Gasteiger partial charge in [-0.15, -0.1) is 8.58 Å². The van der Waals surface area contributed by atoms with Crippen LogP contribution in [0, 0.1) is 5.92 Å². The minimum Gasteiger partial charge on any atom is -0.122 e. The van der Waals surface area contributed by atoms with Crippen LogP contribution >= 0.6 is 8.58 Å². The van der Waals surface area contributed by atoms with Gasteiger partial charge in [-0.3, -0.25) is 0 Å². The number of rotatable bonds is 14. The van der Waals surface area contributed by atoms with Crippen LogP contribution in [0.4, 0.5) is 0 Å². The molecule has 0 aromatic heterocycles. The van der Waals surface area contributed by atoms with E-state index >= 15 is 0 Å². The van der Waals surface area contributed by atoms with Crippen LogP contribution in [0.3, 0.4) is 0 Å². The Morgan fingerprint density at radius 3 is 1.94 bits per heavy atom. The lowest BCUT2D eigenvalue weighted by molar-refractivity contribution is 0.454. The topological polar surface area (TPSA) is 0 Å². The quantitative estimate of drug-likeness (QED) is 0.246. The standard InChI is InChI=1S/C17H37P/c1-4-6-8-9-10-13-17(3)14-12-16-18-15-11-7-5-2/h17-18H,4-16H2,1-3H3. The van der Waals surface area contributed by atoms with E-state index in [0.29, 0.717) is 0 Å². The van der Waals surface area contributed by atoms with E-state index in [2.05, 4.69) is 20.8 Å². The van der Waals surface area contributed by atoms with Crippen LogP contribution in [0.15, 0.2) is 0 Å². The summed E-state index contributed by atoms with van der Waals surface area (Å²) in [5.74, 6) is 0.979. The van der Waals surface area contributed by atoms with Crippen molar-refractivity contribution in [1.29, 1.82) is 0 Å². The van der Waals surface area contributed by atoms with Gasteiger partial charge >= 0.3 is 0 Å². The lowest BCUT2D eigenvalue weighted by Gasteiger charge is -2.11. The molecule has 0 fully saturated rings. The van der Waals surface area contributed by atoms with Gasteiger partial charge in [0.15, 0.2) is 0 Å². The van der Waals surface area contributed by atoms with Gasteiger partial charge in [-0.2, -0.15) is 0 Å². The van der Waals surface area contributed by atoms with Crippen molar-refractivity contribution in [2.45, 2.75) is 91.4 Å². The molecule has 2 unspecified atom stereocenters. The summed E-state index contributed by atoms with van der Waals surface area (Å²) in [6, 6.07) is 0. The lowest BCUT2D eigenvalue weighted by Crippen LogP contribution is -1.96. The fraction of sp³-hybridized carbons (Fsp3) is 1.00. The average molecular weight is 272 g/mol. The molecule has 2 atom stereocenters. The molecule has 0 radical (unpaired) electrons. The first kappa shape index (κ1) is 18.4. The van der Waals surface area contributed by atoms with Crippen LogP contribution in [0.1, 0.15) is 91.4 Å². The predicted octanol–water partition coefficient (Wildman–Crippen LogP) is 6.63. The van der Waals surface area contributed by atoms with Crippen molar-refractivity contribution in [3.63, 3.8) is 0 Å². The second kappa shape index (κ2) is 15.5. The molecule has 0 saturated carbocycles. The zero-order valence-corrected chi connectivity index (χ0v) is 14.3. The van der Waals surface area contributed by atoms with E-state index in [0.717, 1.165) is 5.92 Å². The number of hydrogen-bond donors (Lipinski definition) is 0. The fourth-order valence-electron chi connectivity index (χ4n) is 2.44. The maximum atomic E-state index is 2.46. The number of unbranched alkanes of at least 4 members (excludes halogenated alkanes) is 6.